The molecule has 1 amide bonds. The largest absolute Gasteiger partial charge is 0.492 e. The number of aryl methyl sites for hydroxylation is 1. The Labute approximate surface area is 249 Å². The quantitative estimate of drug-likeness (QED) is 0.106. The van der Waals surface area contributed by atoms with Gasteiger partial charge in [0.05, 0.1) is 17.0 Å². The van der Waals surface area contributed by atoms with Crippen molar-refractivity contribution in [2.75, 3.05) is 18.5 Å². The van der Waals surface area contributed by atoms with Crippen LogP contribution in [0.15, 0.2) is 54.0 Å². The Balaban J connectivity index is 1.25. The van der Waals surface area contributed by atoms with Crippen molar-refractivity contribution >= 4 is 34.5 Å². The number of anilines is 1. The average molecular weight is 586 g/mol. The van der Waals surface area contributed by atoms with Crippen molar-refractivity contribution in [3.05, 3.63) is 69.6 Å². The number of hydrogen-bond donors (Lipinski definition) is 1. The molecule has 0 bridgehead atoms. The number of ether oxygens (including phenoxy) is 2. The molecule has 218 valence electrons. The van der Waals surface area contributed by atoms with Gasteiger partial charge in [-0.3, -0.25) is 4.79 Å². The molecule has 2 aromatic carbocycles. The van der Waals surface area contributed by atoms with Crippen LogP contribution in [0.25, 0.3) is 0 Å². The fourth-order valence-electron chi connectivity index (χ4n) is 4.59. The van der Waals surface area contributed by atoms with E-state index >= 15 is 0 Å². The van der Waals surface area contributed by atoms with Crippen LogP contribution in [-0.2, 0) is 11.3 Å². The van der Waals surface area contributed by atoms with Gasteiger partial charge in [0.25, 0.3) is 5.91 Å². The molecule has 0 atom stereocenters. The monoisotopic (exact) mass is 585 g/mol. The highest BCUT2D eigenvalue weighted by Gasteiger charge is 2.10. The Morgan fingerprint density at radius 3 is 2.12 bits per heavy atom. The number of carbonyl (C=O) groups excluding carboxylic acids is 1. The fraction of sp³-hybridized carbons (Fsp3) is 0.515. The summed E-state index contributed by atoms with van der Waals surface area (Å²) in [6.45, 7) is 5.75. The lowest BCUT2D eigenvalue weighted by Gasteiger charge is -2.11. The van der Waals surface area contributed by atoms with Crippen molar-refractivity contribution < 1.29 is 18.8 Å². The highest BCUT2D eigenvalue weighted by molar-refractivity contribution is 7.09. The van der Waals surface area contributed by atoms with Gasteiger partial charge in [0, 0.05) is 24.2 Å². The molecule has 0 aliphatic carbocycles. The van der Waals surface area contributed by atoms with Crippen LogP contribution in [0.5, 0.6) is 11.5 Å². The molecule has 3 aromatic rings. The van der Waals surface area contributed by atoms with Gasteiger partial charge in [-0.25, -0.2) is 0 Å². The van der Waals surface area contributed by atoms with Crippen LogP contribution in [0, 0.1) is 6.92 Å². The molecule has 0 fully saturated rings. The molecular formula is C33H46ClN2O3S+. The molecule has 0 spiro atoms. The predicted octanol–water partition coefficient (Wildman–Crippen LogP) is 9.14. The molecule has 0 saturated carbocycles. The van der Waals surface area contributed by atoms with Gasteiger partial charge in [0.2, 0.25) is 5.01 Å². The molecule has 40 heavy (non-hydrogen) atoms. The average Bonchev–Trinajstić information content (AvgIpc) is 3.36. The summed E-state index contributed by atoms with van der Waals surface area (Å²) in [4.78, 5) is 12.4. The van der Waals surface area contributed by atoms with Gasteiger partial charge in [-0.15, -0.1) is 0 Å². The van der Waals surface area contributed by atoms with Crippen LogP contribution < -0.4 is 19.4 Å². The summed E-state index contributed by atoms with van der Waals surface area (Å²) in [6, 6.07) is 13.2. The van der Waals surface area contributed by atoms with Crippen molar-refractivity contribution in [3.8, 4) is 11.5 Å². The molecule has 0 aliphatic rings. The van der Waals surface area contributed by atoms with E-state index in [1.54, 1.807) is 23.5 Å². The Hall–Kier alpha value is -2.57. The van der Waals surface area contributed by atoms with Gasteiger partial charge in [-0.1, -0.05) is 113 Å². The SMILES string of the molecule is CCCCCCCCCCCCCCOc1ccc(OCC(=O)Nc2ccc(C[n+]3ccsc3C)cc2)cc1Cl. The molecule has 3 rings (SSSR count). The number of carbonyl (C=O) groups is 1. The Bertz CT molecular complexity index is 1130. The summed E-state index contributed by atoms with van der Waals surface area (Å²) in [5.41, 5.74) is 1.92. The van der Waals surface area contributed by atoms with E-state index in [0.717, 1.165) is 18.7 Å². The number of unbranched alkanes of at least 4 members (excludes halogenated alkanes) is 11. The second-order valence-corrected chi connectivity index (χ2v) is 11.9. The number of halogens is 1. The third-order valence-electron chi connectivity index (χ3n) is 7.00. The first-order valence-electron chi connectivity index (χ1n) is 14.9. The molecule has 5 nitrogen and oxygen atoms in total. The lowest BCUT2D eigenvalue weighted by atomic mass is 10.1. The van der Waals surface area contributed by atoms with Crippen LogP contribution >= 0.6 is 22.9 Å². The maximum absolute atomic E-state index is 12.4. The van der Waals surface area contributed by atoms with Crippen molar-refractivity contribution in [1.29, 1.82) is 0 Å². The second-order valence-electron chi connectivity index (χ2n) is 10.4. The van der Waals surface area contributed by atoms with Gasteiger partial charge in [-0.05, 0) is 30.7 Å². The van der Waals surface area contributed by atoms with Gasteiger partial charge >= 0.3 is 0 Å². The Morgan fingerprint density at radius 1 is 0.875 bits per heavy atom. The maximum atomic E-state index is 12.4. The lowest BCUT2D eigenvalue weighted by Crippen LogP contribution is -2.34. The zero-order valence-corrected chi connectivity index (χ0v) is 25.8. The van der Waals surface area contributed by atoms with E-state index in [2.05, 4.69) is 35.3 Å². The first-order valence-corrected chi connectivity index (χ1v) is 16.2. The zero-order valence-electron chi connectivity index (χ0n) is 24.3. The van der Waals surface area contributed by atoms with Crippen LogP contribution in [-0.4, -0.2) is 19.1 Å². The van der Waals surface area contributed by atoms with Crippen molar-refractivity contribution in [1.82, 2.24) is 0 Å². The number of nitrogens with zero attached hydrogens (tertiary/aromatic N) is 1. The van der Waals surface area contributed by atoms with E-state index in [1.807, 2.05) is 30.3 Å². The van der Waals surface area contributed by atoms with E-state index < -0.39 is 0 Å². The fourth-order valence-corrected chi connectivity index (χ4v) is 5.48. The zero-order chi connectivity index (χ0) is 28.4. The number of amides is 1. The van der Waals surface area contributed by atoms with Crippen molar-refractivity contribution in [3.63, 3.8) is 0 Å². The van der Waals surface area contributed by atoms with E-state index in [-0.39, 0.29) is 12.5 Å². The van der Waals surface area contributed by atoms with Crippen LogP contribution in [0.4, 0.5) is 5.69 Å². The molecular weight excluding hydrogens is 540 g/mol. The molecule has 0 unspecified atom stereocenters. The highest BCUT2D eigenvalue weighted by atomic mass is 35.5. The van der Waals surface area contributed by atoms with E-state index in [1.165, 1.54) is 81.2 Å². The summed E-state index contributed by atoms with van der Waals surface area (Å²) < 4.78 is 13.7. The topological polar surface area (TPSA) is 51.4 Å². The summed E-state index contributed by atoms with van der Waals surface area (Å²) in [5, 5.41) is 6.71. The van der Waals surface area contributed by atoms with Crippen LogP contribution in [0.3, 0.4) is 0 Å². The molecule has 1 N–H and O–H groups in total. The molecule has 0 saturated heterocycles. The normalized spacial score (nSPS) is 11.0. The summed E-state index contributed by atoms with van der Waals surface area (Å²) in [5.74, 6) is 0.966. The van der Waals surface area contributed by atoms with Gasteiger partial charge in [0.1, 0.15) is 11.5 Å². The minimum Gasteiger partial charge on any atom is -0.492 e. The van der Waals surface area contributed by atoms with Crippen LogP contribution in [0.1, 0.15) is 94.5 Å². The molecule has 0 radical (unpaired) electrons. The Morgan fingerprint density at radius 2 is 1.52 bits per heavy atom. The van der Waals surface area contributed by atoms with Gasteiger partial charge in [-0.2, -0.15) is 4.57 Å². The van der Waals surface area contributed by atoms with E-state index in [9.17, 15) is 4.79 Å². The number of thiazole rings is 1. The molecule has 0 aliphatic heterocycles. The third-order valence-corrected chi connectivity index (χ3v) is 8.13. The molecule has 7 heteroatoms. The number of hydrogen-bond acceptors (Lipinski definition) is 4. The summed E-state index contributed by atoms with van der Waals surface area (Å²) in [7, 11) is 0. The van der Waals surface area contributed by atoms with Crippen molar-refractivity contribution in [2.24, 2.45) is 0 Å². The minimum atomic E-state index is -0.223. The number of benzene rings is 2. The first-order chi connectivity index (χ1) is 19.5. The predicted molar refractivity (Wildman–Crippen MR) is 167 cm³/mol. The second kappa shape index (κ2) is 18.7. The van der Waals surface area contributed by atoms with E-state index in [4.69, 9.17) is 21.1 Å². The third kappa shape index (κ3) is 12.3. The lowest BCUT2D eigenvalue weighted by molar-refractivity contribution is -0.689. The Kier molecular flexibility index (Phi) is 15.0. The summed E-state index contributed by atoms with van der Waals surface area (Å²) >= 11 is 8.12. The van der Waals surface area contributed by atoms with Crippen LogP contribution in [0.2, 0.25) is 5.02 Å². The minimum absolute atomic E-state index is 0.0961. The first kappa shape index (κ1) is 32.0. The highest BCUT2D eigenvalue weighted by Crippen LogP contribution is 2.29. The number of aromatic nitrogens is 1. The standard InChI is InChI=1S/C33H45ClN2O3S/c1-3-4-5-6-7-8-9-10-11-12-13-14-22-38-32-20-19-30(24-31(32)34)39-26-33(37)35-29-17-15-28(16-18-29)25-36-21-23-40-27(36)2/h15-21,23-24H,3-14,22,25-26H2,1-2H3/p+1. The van der Waals surface area contributed by atoms with E-state index in [0.29, 0.717) is 23.1 Å². The number of nitrogens with one attached hydrogen (secondary N) is 1. The maximum Gasteiger partial charge on any atom is 0.262 e. The summed E-state index contributed by atoms with van der Waals surface area (Å²) in [6.07, 6.45) is 17.9. The molecule has 1 aromatic heterocycles. The molecule has 1 heterocycles. The smallest absolute Gasteiger partial charge is 0.262 e. The number of rotatable bonds is 20. The van der Waals surface area contributed by atoms with Gasteiger partial charge in [0.15, 0.2) is 19.3 Å². The van der Waals surface area contributed by atoms with Gasteiger partial charge < -0.3 is 14.8 Å². The van der Waals surface area contributed by atoms with Crippen molar-refractivity contribution in [2.45, 2.75) is 97.4 Å².